The van der Waals surface area contributed by atoms with Crippen LogP contribution in [0.25, 0.3) is 5.69 Å². The number of hydrogen-bond acceptors (Lipinski definition) is 6. The summed E-state index contributed by atoms with van der Waals surface area (Å²) in [4.78, 5) is 30.1. The standard InChI is InChI=1S/C20H18N4O4S/c1-2-28-15-9-7-14(8-10-15)24-19(27)16(18(26)23-20(24)29)11-22-13-5-3-12(4-6-13)17(21)25/h3-11,27H,2H2,1H3,(H2,21,25)(H,23,26,29). The van der Waals surface area contributed by atoms with Crippen LogP contribution in [0.3, 0.4) is 0 Å². The third-order valence-electron chi connectivity index (χ3n) is 4.02. The number of carbonyl (C=O) groups excluding carboxylic acids is 1. The molecule has 1 aromatic heterocycles. The van der Waals surface area contributed by atoms with Crippen molar-refractivity contribution in [1.82, 2.24) is 9.55 Å². The van der Waals surface area contributed by atoms with Gasteiger partial charge in [-0.2, -0.15) is 0 Å². The predicted molar refractivity (Wildman–Crippen MR) is 112 cm³/mol. The Morgan fingerprint density at radius 3 is 2.48 bits per heavy atom. The van der Waals surface area contributed by atoms with Crippen molar-refractivity contribution in [3.8, 4) is 17.3 Å². The first kappa shape index (κ1) is 20.0. The van der Waals surface area contributed by atoms with Crippen LogP contribution < -0.4 is 16.0 Å². The summed E-state index contributed by atoms with van der Waals surface area (Å²) in [5, 5.41) is 10.7. The largest absolute Gasteiger partial charge is 0.494 e. The molecule has 0 fully saturated rings. The number of aromatic nitrogens is 2. The second-order valence-corrected chi connectivity index (χ2v) is 6.31. The zero-order valence-corrected chi connectivity index (χ0v) is 16.3. The normalized spacial score (nSPS) is 10.9. The van der Waals surface area contributed by atoms with Crippen LogP contribution in [0.2, 0.25) is 0 Å². The molecule has 0 aliphatic carbocycles. The van der Waals surface area contributed by atoms with E-state index in [9.17, 15) is 14.7 Å². The minimum Gasteiger partial charge on any atom is -0.494 e. The fourth-order valence-electron chi connectivity index (χ4n) is 2.60. The lowest BCUT2D eigenvalue weighted by Crippen LogP contribution is -2.18. The lowest BCUT2D eigenvalue weighted by molar-refractivity contribution is 0.100. The van der Waals surface area contributed by atoms with Gasteiger partial charge in [-0.3, -0.25) is 24.1 Å². The van der Waals surface area contributed by atoms with Gasteiger partial charge in [0.1, 0.15) is 11.3 Å². The number of amides is 1. The molecule has 148 valence electrons. The van der Waals surface area contributed by atoms with Gasteiger partial charge in [0.25, 0.3) is 5.56 Å². The number of hydrogen-bond donors (Lipinski definition) is 3. The van der Waals surface area contributed by atoms with Crippen LogP contribution in [0.4, 0.5) is 5.69 Å². The van der Waals surface area contributed by atoms with Gasteiger partial charge in [0.05, 0.1) is 18.0 Å². The van der Waals surface area contributed by atoms with Gasteiger partial charge < -0.3 is 15.6 Å². The number of aromatic hydroxyl groups is 1. The quantitative estimate of drug-likeness (QED) is 0.426. The van der Waals surface area contributed by atoms with E-state index >= 15 is 0 Å². The fraction of sp³-hybridized carbons (Fsp3) is 0.100. The van der Waals surface area contributed by atoms with Crippen molar-refractivity contribution in [3.63, 3.8) is 0 Å². The number of nitrogens with zero attached hydrogens (tertiary/aromatic N) is 2. The number of nitrogens with two attached hydrogens (primary N) is 1. The highest BCUT2D eigenvalue weighted by Gasteiger charge is 2.13. The Morgan fingerprint density at radius 2 is 1.90 bits per heavy atom. The molecule has 0 saturated carbocycles. The summed E-state index contributed by atoms with van der Waals surface area (Å²) in [6.45, 7) is 2.41. The van der Waals surface area contributed by atoms with Crippen LogP contribution in [0.5, 0.6) is 11.6 Å². The van der Waals surface area contributed by atoms with Gasteiger partial charge in [0.15, 0.2) is 4.77 Å². The zero-order chi connectivity index (χ0) is 21.0. The van der Waals surface area contributed by atoms with Crippen molar-refractivity contribution in [2.24, 2.45) is 10.7 Å². The topological polar surface area (TPSA) is 123 Å². The molecule has 0 spiro atoms. The summed E-state index contributed by atoms with van der Waals surface area (Å²) >= 11 is 5.20. The molecule has 1 heterocycles. The minimum absolute atomic E-state index is 0.0413. The van der Waals surface area contributed by atoms with E-state index < -0.39 is 11.5 Å². The lowest BCUT2D eigenvalue weighted by Gasteiger charge is -2.12. The van der Waals surface area contributed by atoms with E-state index in [4.69, 9.17) is 22.7 Å². The van der Waals surface area contributed by atoms with Crippen LogP contribution in [0.1, 0.15) is 22.8 Å². The summed E-state index contributed by atoms with van der Waals surface area (Å²) in [5.74, 6) is -0.222. The Kier molecular flexibility index (Phi) is 5.89. The zero-order valence-electron chi connectivity index (χ0n) is 15.5. The molecule has 2 aromatic carbocycles. The number of nitrogens with one attached hydrogen (secondary N) is 1. The number of aliphatic imine (C=N–C) groups is 1. The van der Waals surface area contributed by atoms with E-state index in [1.165, 1.54) is 22.9 Å². The average Bonchev–Trinajstić information content (AvgIpc) is 2.69. The van der Waals surface area contributed by atoms with Crippen molar-refractivity contribution in [2.75, 3.05) is 6.61 Å². The van der Waals surface area contributed by atoms with Crippen molar-refractivity contribution in [1.29, 1.82) is 0 Å². The maximum atomic E-state index is 12.3. The average molecular weight is 410 g/mol. The van der Waals surface area contributed by atoms with Crippen LogP contribution in [0, 0.1) is 4.77 Å². The number of carbonyl (C=O) groups is 1. The van der Waals surface area contributed by atoms with Crippen molar-refractivity contribution >= 4 is 30.0 Å². The molecule has 0 radical (unpaired) electrons. The molecule has 3 rings (SSSR count). The van der Waals surface area contributed by atoms with Gasteiger partial charge in [0, 0.05) is 11.8 Å². The molecular weight excluding hydrogens is 392 g/mol. The number of primary amides is 1. The molecule has 1 amide bonds. The van der Waals surface area contributed by atoms with E-state index in [-0.39, 0.29) is 16.2 Å². The number of aromatic amines is 1. The fourth-order valence-corrected chi connectivity index (χ4v) is 2.89. The van der Waals surface area contributed by atoms with Crippen molar-refractivity contribution < 1.29 is 14.6 Å². The highest BCUT2D eigenvalue weighted by atomic mass is 32.1. The van der Waals surface area contributed by atoms with E-state index in [1.807, 2.05) is 6.92 Å². The van der Waals surface area contributed by atoms with Crippen LogP contribution in [0.15, 0.2) is 58.3 Å². The molecular formula is C20H18N4O4S. The Labute approximate surface area is 170 Å². The minimum atomic E-state index is -0.577. The molecule has 0 bridgehead atoms. The maximum Gasteiger partial charge on any atom is 0.264 e. The Hall–Kier alpha value is -3.72. The molecule has 0 unspecified atom stereocenters. The molecule has 8 nitrogen and oxygen atoms in total. The van der Waals surface area contributed by atoms with Crippen LogP contribution in [-0.2, 0) is 0 Å². The smallest absolute Gasteiger partial charge is 0.264 e. The lowest BCUT2D eigenvalue weighted by atomic mass is 10.2. The molecule has 0 aliphatic heterocycles. The van der Waals surface area contributed by atoms with Gasteiger partial charge >= 0.3 is 0 Å². The number of H-pyrrole nitrogens is 1. The highest BCUT2D eigenvalue weighted by Crippen LogP contribution is 2.22. The van der Waals surface area contributed by atoms with E-state index in [0.717, 1.165) is 0 Å². The Bertz CT molecular complexity index is 1180. The van der Waals surface area contributed by atoms with Gasteiger partial charge in [-0.05, 0) is 67.7 Å². The SMILES string of the molecule is CCOc1ccc(-n2c(O)c(C=Nc3ccc(C(N)=O)cc3)c(=O)[nH]c2=S)cc1. The molecule has 3 aromatic rings. The monoisotopic (exact) mass is 410 g/mol. The first-order valence-corrected chi connectivity index (χ1v) is 9.07. The first-order valence-electron chi connectivity index (χ1n) is 8.66. The Morgan fingerprint density at radius 1 is 1.24 bits per heavy atom. The van der Waals surface area contributed by atoms with Gasteiger partial charge in [0.2, 0.25) is 11.8 Å². The number of rotatable bonds is 6. The molecule has 0 aliphatic rings. The molecule has 29 heavy (non-hydrogen) atoms. The second-order valence-electron chi connectivity index (χ2n) is 5.93. The van der Waals surface area contributed by atoms with Crippen molar-refractivity contribution in [3.05, 3.63) is 74.8 Å². The third kappa shape index (κ3) is 4.41. The highest BCUT2D eigenvalue weighted by molar-refractivity contribution is 7.71. The summed E-state index contributed by atoms with van der Waals surface area (Å²) in [5.41, 5.74) is 5.93. The third-order valence-corrected chi connectivity index (χ3v) is 4.31. The molecule has 0 saturated heterocycles. The first-order chi connectivity index (χ1) is 13.9. The number of benzene rings is 2. The molecule has 9 heteroatoms. The van der Waals surface area contributed by atoms with Crippen LogP contribution in [-0.4, -0.2) is 33.4 Å². The van der Waals surface area contributed by atoms with E-state index in [1.54, 1.807) is 36.4 Å². The van der Waals surface area contributed by atoms with Gasteiger partial charge in [-0.1, -0.05) is 0 Å². The van der Waals surface area contributed by atoms with Crippen LogP contribution >= 0.6 is 12.2 Å². The van der Waals surface area contributed by atoms with E-state index in [0.29, 0.717) is 29.3 Å². The van der Waals surface area contributed by atoms with Gasteiger partial charge in [-0.15, -0.1) is 0 Å². The second kappa shape index (κ2) is 8.53. The maximum absolute atomic E-state index is 12.3. The van der Waals surface area contributed by atoms with Crippen molar-refractivity contribution in [2.45, 2.75) is 6.92 Å². The number of ether oxygens (including phenoxy) is 1. The molecule has 4 N–H and O–H groups in total. The predicted octanol–water partition coefficient (Wildman–Crippen LogP) is 2.85. The van der Waals surface area contributed by atoms with E-state index in [2.05, 4.69) is 9.98 Å². The summed E-state index contributed by atoms with van der Waals surface area (Å²) in [7, 11) is 0. The summed E-state index contributed by atoms with van der Waals surface area (Å²) < 4.78 is 6.77. The summed E-state index contributed by atoms with van der Waals surface area (Å²) in [6, 6.07) is 13.1. The molecule has 0 atom stereocenters. The summed E-state index contributed by atoms with van der Waals surface area (Å²) in [6.07, 6.45) is 1.23. The Balaban J connectivity index is 1.99. The van der Waals surface area contributed by atoms with Gasteiger partial charge in [-0.25, -0.2) is 0 Å².